The minimum atomic E-state index is -1.11. The number of benzene rings is 1. The van der Waals surface area contributed by atoms with E-state index in [-0.39, 0.29) is 47.8 Å². The third-order valence-corrected chi connectivity index (χ3v) is 9.70. The van der Waals surface area contributed by atoms with Crippen molar-refractivity contribution < 1.29 is 24.3 Å². The second-order valence-electron chi connectivity index (χ2n) is 12.3. The Morgan fingerprint density at radius 2 is 1.82 bits per heavy atom. The molecule has 3 rings (SSSR count). The molecule has 1 aromatic heterocycles. The third kappa shape index (κ3) is 9.59. The molecule has 1 aromatic carbocycles. The molecular formula is C33H49N5O5S. The van der Waals surface area contributed by atoms with E-state index in [0.717, 1.165) is 42.8 Å². The third-order valence-electron chi connectivity index (χ3n) is 8.79. The summed E-state index contributed by atoms with van der Waals surface area (Å²) in [6, 6.07) is 7.16. The molecule has 1 aliphatic heterocycles. The van der Waals surface area contributed by atoms with Crippen LogP contribution in [0.25, 0.3) is 0 Å². The molecule has 0 radical (unpaired) electrons. The Morgan fingerprint density at radius 3 is 2.43 bits per heavy atom. The molecule has 3 N–H and O–H groups in total. The van der Waals surface area contributed by atoms with Gasteiger partial charge in [0.25, 0.3) is 5.91 Å². The number of piperidine rings is 1. The molecule has 0 spiro atoms. The fourth-order valence-corrected chi connectivity index (χ4v) is 6.57. The highest BCUT2D eigenvalue weighted by Gasteiger charge is 2.35. The van der Waals surface area contributed by atoms with Gasteiger partial charge in [-0.2, -0.15) is 0 Å². The van der Waals surface area contributed by atoms with Crippen LogP contribution >= 0.6 is 11.3 Å². The number of aryl methyl sites for hydroxylation is 1. The Balaban J connectivity index is 1.64. The molecule has 2 heterocycles. The number of hydrogen-bond acceptors (Lipinski definition) is 7. The van der Waals surface area contributed by atoms with Gasteiger partial charge in [-0.3, -0.25) is 19.3 Å². The second-order valence-corrected chi connectivity index (χ2v) is 13.3. The molecule has 0 saturated carbocycles. The molecule has 0 unspecified atom stereocenters. The summed E-state index contributed by atoms with van der Waals surface area (Å²) in [5, 5.41) is 17.7. The summed E-state index contributed by atoms with van der Waals surface area (Å²) >= 11 is 1.35. The average Bonchev–Trinajstić information content (AvgIpc) is 3.48. The number of aliphatic carboxylic acids is 1. The van der Waals surface area contributed by atoms with Crippen molar-refractivity contribution in [3.8, 4) is 0 Å². The van der Waals surface area contributed by atoms with Crippen LogP contribution in [0.4, 0.5) is 0 Å². The zero-order valence-corrected chi connectivity index (χ0v) is 27.7. The first kappa shape index (κ1) is 35.2. The lowest BCUT2D eigenvalue weighted by molar-refractivity contribution is -0.141. The van der Waals surface area contributed by atoms with Crippen LogP contribution in [0.5, 0.6) is 0 Å². The zero-order valence-electron chi connectivity index (χ0n) is 26.9. The number of nitrogens with one attached hydrogen (secondary N) is 2. The number of carboxylic acids is 1. The van der Waals surface area contributed by atoms with Gasteiger partial charge in [0.2, 0.25) is 11.8 Å². The molecule has 0 bridgehead atoms. The number of thiazole rings is 1. The minimum Gasteiger partial charge on any atom is -0.480 e. The molecule has 1 saturated heterocycles. The Bertz CT molecular complexity index is 1250. The number of carbonyl (C=O) groups excluding carboxylic acids is 3. The smallest absolute Gasteiger partial charge is 0.326 e. The predicted molar refractivity (Wildman–Crippen MR) is 173 cm³/mol. The van der Waals surface area contributed by atoms with Crippen LogP contribution in [0.15, 0.2) is 35.7 Å². The molecule has 1 fully saturated rings. The van der Waals surface area contributed by atoms with E-state index >= 15 is 0 Å². The summed E-state index contributed by atoms with van der Waals surface area (Å²) in [5.74, 6) is -1.68. The van der Waals surface area contributed by atoms with Crippen molar-refractivity contribution >= 4 is 35.0 Å². The number of nitrogens with zero attached hydrogens (tertiary/aromatic N) is 3. The van der Waals surface area contributed by atoms with Crippen LogP contribution in [0.1, 0.15) is 80.9 Å². The van der Waals surface area contributed by atoms with Crippen LogP contribution in [-0.2, 0) is 27.2 Å². The van der Waals surface area contributed by atoms with Crippen molar-refractivity contribution in [1.82, 2.24) is 25.4 Å². The summed E-state index contributed by atoms with van der Waals surface area (Å²) in [4.78, 5) is 60.1. The first-order valence-corrected chi connectivity index (χ1v) is 16.6. The zero-order chi connectivity index (χ0) is 32.4. The van der Waals surface area contributed by atoms with E-state index in [0.29, 0.717) is 12.8 Å². The summed E-state index contributed by atoms with van der Waals surface area (Å²) in [6.07, 6.45) is 5.00. The van der Waals surface area contributed by atoms with E-state index in [9.17, 15) is 24.3 Å². The van der Waals surface area contributed by atoms with E-state index in [1.807, 2.05) is 51.2 Å². The van der Waals surface area contributed by atoms with Crippen LogP contribution in [-0.4, -0.2) is 88.4 Å². The van der Waals surface area contributed by atoms with Gasteiger partial charge >= 0.3 is 5.97 Å². The molecule has 5 atom stereocenters. The van der Waals surface area contributed by atoms with Crippen molar-refractivity contribution in [2.24, 2.45) is 11.8 Å². The van der Waals surface area contributed by atoms with E-state index in [1.54, 1.807) is 17.3 Å². The van der Waals surface area contributed by atoms with Gasteiger partial charge < -0.3 is 20.6 Å². The summed E-state index contributed by atoms with van der Waals surface area (Å²) in [5.41, 5.74) is 0.996. The van der Waals surface area contributed by atoms with Gasteiger partial charge in [0.15, 0.2) is 0 Å². The summed E-state index contributed by atoms with van der Waals surface area (Å²) in [7, 11) is 3.77. The molecule has 1 aliphatic rings. The molecule has 11 heteroatoms. The maximum Gasteiger partial charge on any atom is 0.326 e. The molecule has 44 heavy (non-hydrogen) atoms. The first-order valence-electron chi connectivity index (χ1n) is 15.7. The van der Waals surface area contributed by atoms with Gasteiger partial charge in [0.1, 0.15) is 17.8 Å². The Hall–Kier alpha value is -3.31. The lowest BCUT2D eigenvalue weighted by Gasteiger charge is -2.37. The first-order chi connectivity index (χ1) is 20.9. The van der Waals surface area contributed by atoms with Gasteiger partial charge in [-0.15, -0.1) is 11.3 Å². The normalized spacial score (nSPS) is 18.2. The van der Waals surface area contributed by atoms with Crippen molar-refractivity contribution in [2.45, 2.75) is 96.8 Å². The molecular weight excluding hydrogens is 578 g/mol. The quantitative estimate of drug-likeness (QED) is 0.272. The largest absolute Gasteiger partial charge is 0.480 e. The van der Waals surface area contributed by atoms with Crippen LogP contribution in [0.2, 0.25) is 0 Å². The SMILES string of the molecule is CC[C@H](C)[C@H](NC(=O)[C@H]1CCCCN1C)C(=O)N(C)[C@H](CCc1nc(C(=O)N[C@@H](Cc2ccccc2)C(=O)O)cs1)C(C)C. The molecule has 242 valence electrons. The van der Waals surface area contributed by atoms with Gasteiger partial charge in [-0.25, -0.2) is 9.78 Å². The van der Waals surface area contributed by atoms with Crippen molar-refractivity contribution in [1.29, 1.82) is 0 Å². The van der Waals surface area contributed by atoms with Crippen molar-refractivity contribution in [3.05, 3.63) is 52.0 Å². The monoisotopic (exact) mass is 627 g/mol. The highest BCUT2D eigenvalue weighted by atomic mass is 32.1. The van der Waals surface area contributed by atoms with E-state index < -0.39 is 24.0 Å². The molecule has 3 amide bonds. The Morgan fingerprint density at radius 1 is 1.11 bits per heavy atom. The number of amides is 3. The van der Waals surface area contributed by atoms with Crippen molar-refractivity contribution in [2.75, 3.05) is 20.6 Å². The minimum absolute atomic E-state index is 0.0211. The Labute approximate surface area is 265 Å². The highest BCUT2D eigenvalue weighted by Crippen LogP contribution is 2.22. The average molecular weight is 628 g/mol. The number of rotatable bonds is 15. The Kier molecular flexibility index (Phi) is 13.3. The fraction of sp³-hybridized carbons (Fsp3) is 0.606. The van der Waals surface area contributed by atoms with E-state index in [4.69, 9.17) is 0 Å². The summed E-state index contributed by atoms with van der Waals surface area (Å²) in [6.45, 7) is 9.05. The van der Waals surface area contributed by atoms with Crippen LogP contribution in [0.3, 0.4) is 0 Å². The topological polar surface area (TPSA) is 132 Å². The van der Waals surface area contributed by atoms with Gasteiger partial charge in [0.05, 0.1) is 11.0 Å². The van der Waals surface area contributed by atoms with Crippen LogP contribution in [0, 0.1) is 11.8 Å². The predicted octanol–water partition coefficient (Wildman–Crippen LogP) is 4.00. The second kappa shape index (κ2) is 16.7. The number of hydrogen-bond donors (Lipinski definition) is 3. The number of carbonyl (C=O) groups is 4. The van der Waals surface area contributed by atoms with Crippen LogP contribution < -0.4 is 10.6 Å². The maximum atomic E-state index is 13.9. The number of carboxylic acid groups (broad SMARTS) is 1. The van der Waals surface area contributed by atoms with Gasteiger partial charge in [-0.05, 0) is 50.3 Å². The fourth-order valence-electron chi connectivity index (χ4n) is 5.78. The number of likely N-dealkylation sites (tertiary alicyclic amines) is 1. The lowest BCUT2D eigenvalue weighted by Crippen LogP contribution is -2.57. The molecule has 0 aliphatic carbocycles. The summed E-state index contributed by atoms with van der Waals surface area (Å²) < 4.78 is 0. The number of likely N-dealkylation sites (N-methyl/N-ethyl adjacent to an activating group) is 2. The molecule has 2 aromatic rings. The van der Waals surface area contributed by atoms with Gasteiger partial charge in [0, 0.05) is 31.3 Å². The standard InChI is InChI=1S/C33H49N5O5S/c1-7-22(4)29(36-31(40)27-15-11-12-18-37(27)5)32(41)38(6)26(21(2)3)16-17-28-34-25(20-44-28)30(39)35-24(33(42)43)19-23-13-9-8-10-14-23/h8-10,13-14,20-22,24,26-27,29H,7,11-12,15-19H2,1-6H3,(H,35,39)(H,36,40)(H,42,43)/t22-,24-,26+,27+,29-/m0/s1. The lowest BCUT2D eigenvalue weighted by atomic mass is 9.93. The van der Waals surface area contributed by atoms with Gasteiger partial charge in [-0.1, -0.05) is 70.9 Å². The number of aromatic nitrogens is 1. The maximum absolute atomic E-state index is 13.9. The van der Waals surface area contributed by atoms with Crippen molar-refractivity contribution in [3.63, 3.8) is 0 Å². The molecule has 10 nitrogen and oxygen atoms in total. The van der Waals surface area contributed by atoms with E-state index in [2.05, 4.69) is 34.4 Å². The van der Waals surface area contributed by atoms with E-state index in [1.165, 1.54) is 11.3 Å². The highest BCUT2D eigenvalue weighted by molar-refractivity contribution is 7.09.